The molecule has 1 aromatic rings. The van der Waals surface area contributed by atoms with Crippen LogP contribution in [0.25, 0.3) is 0 Å². The number of aromatic nitrogens is 1. The summed E-state index contributed by atoms with van der Waals surface area (Å²) in [4.78, 5) is 6.86. The summed E-state index contributed by atoms with van der Waals surface area (Å²) in [5.74, 6) is 1.41. The van der Waals surface area contributed by atoms with Crippen LogP contribution in [0, 0.1) is 5.92 Å². The quantitative estimate of drug-likeness (QED) is 0.799. The van der Waals surface area contributed by atoms with Crippen LogP contribution < -0.4 is 10.1 Å². The molecule has 1 aliphatic rings. The second-order valence-corrected chi connectivity index (χ2v) is 6.28. The van der Waals surface area contributed by atoms with Gasteiger partial charge in [0.25, 0.3) is 0 Å². The Morgan fingerprint density at radius 3 is 2.71 bits per heavy atom. The number of hydrogen-bond acceptors (Lipinski definition) is 4. The Kier molecular flexibility index (Phi) is 6.96. The predicted molar refractivity (Wildman–Crippen MR) is 86.6 cm³/mol. The van der Waals surface area contributed by atoms with Gasteiger partial charge in [-0.25, -0.2) is 4.98 Å². The molecule has 0 aromatic carbocycles. The lowest BCUT2D eigenvalue weighted by atomic mass is 10.1. The van der Waals surface area contributed by atoms with E-state index in [0.717, 1.165) is 32.1 Å². The Hall–Kier alpha value is -1.13. The Labute approximate surface area is 128 Å². The highest BCUT2D eigenvalue weighted by Gasteiger charge is 2.09. The summed E-state index contributed by atoms with van der Waals surface area (Å²) in [6.07, 6.45) is 5.95. The van der Waals surface area contributed by atoms with Gasteiger partial charge in [-0.1, -0.05) is 26.3 Å². The molecule has 2 heterocycles. The summed E-state index contributed by atoms with van der Waals surface area (Å²) in [6, 6.07) is 4.07. The van der Waals surface area contributed by atoms with Crippen molar-refractivity contribution in [2.45, 2.75) is 39.7 Å². The molecule has 0 amide bonds. The minimum absolute atomic E-state index is 0.676. The van der Waals surface area contributed by atoms with Gasteiger partial charge in [0.1, 0.15) is 6.61 Å². The van der Waals surface area contributed by atoms with E-state index in [2.05, 4.69) is 35.1 Å². The summed E-state index contributed by atoms with van der Waals surface area (Å²) in [5, 5.41) is 3.42. The largest absolute Gasteiger partial charge is 0.476 e. The normalized spacial score (nSPS) is 16.3. The lowest BCUT2D eigenvalue weighted by Gasteiger charge is -2.26. The monoisotopic (exact) mass is 291 g/mol. The Morgan fingerprint density at radius 2 is 2.05 bits per heavy atom. The summed E-state index contributed by atoms with van der Waals surface area (Å²) >= 11 is 0. The molecule has 4 heteroatoms. The number of nitrogens with one attached hydrogen (secondary N) is 1. The Bertz CT molecular complexity index is 386. The molecule has 1 fully saturated rings. The first kappa shape index (κ1) is 16.2. The van der Waals surface area contributed by atoms with E-state index in [9.17, 15) is 0 Å². The molecule has 0 aliphatic carbocycles. The number of rotatable bonds is 8. The van der Waals surface area contributed by atoms with E-state index in [1.807, 2.05) is 12.3 Å². The molecule has 0 radical (unpaired) electrons. The maximum absolute atomic E-state index is 5.73. The van der Waals surface area contributed by atoms with E-state index in [1.54, 1.807) is 0 Å². The van der Waals surface area contributed by atoms with E-state index in [4.69, 9.17) is 4.74 Å². The van der Waals surface area contributed by atoms with E-state index < -0.39 is 0 Å². The molecule has 0 atom stereocenters. The first-order valence-corrected chi connectivity index (χ1v) is 8.25. The smallest absolute Gasteiger partial charge is 0.213 e. The van der Waals surface area contributed by atoms with Crippen molar-refractivity contribution in [1.29, 1.82) is 0 Å². The van der Waals surface area contributed by atoms with Crippen molar-refractivity contribution in [3.63, 3.8) is 0 Å². The van der Waals surface area contributed by atoms with E-state index >= 15 is 0 Å². The first-order valence-electron chi connectivity index (χ1n) is 8.25. The Balaban J connectivity index is 1.64. The van der Waals surface area contributed by atoms with Crippen LogP contribution in [0.2, 0.25) is 0 Å². The summed E-state index contributed by atoms with van der Waals surface area (Å²) in [6.45, 7) is 10.5. The number of nitrogens with zero attached hydrogens (tertiary/aromatic N) is 2. The average molecular weight is 291 g/mol. The van der Waals surface area contributed by atoms with Crippen molar-refractivity contribution in [3.05, 3.63) is 23.9 Å². The standard InChI is InChI=1S/C17H29N3O/c1-15(2)12-18-13-16-6-7-17(19-14-16)21-11-10-20-8-4-3-5-9-20/h6-7,14-15,18H,3-5,8-13H2,1-2H3. The molecule has 118 valence electrons. The van der Waals surface area contributed by atoms with Crippen LogP contribution >= 0.6 is 0 Å². The van der Waals surface area contributed by atoms with Crippen molar-refractivity contribution in [2.75, 3.05) is 32.8 Å². The number of pyridine rings is 1. The maximum Gasteiger partial charge on any atom is 0.213 e. The van der Waals surface area contributed by atoms with Crippen molar-refractivity contribution >= 4 is 0 Å². The highest BCUT2D eigenvalue weighted by atomic mass is 16.5. The third-order valence-corrected chi connectivity index (χ3v) is 3.79. The zero-order chi connectivity index (χ0) is 14.9. The van der Waals surface area contributed by atoms with Crippen LogP contribution in [0.5, 0.6) is 5.88 Å². The molecule has 1 saturated heterocycles. The fraction of sp³-hybridized carbons (Fsp3) is 0.706. The molecular weight excluding hydrogens is 262 g/mol. The molecule has 0 spiro atoms. The van der Waals surface area contributed by atoms with Crippen molar-refractivity contribution < 1.29 is 4.74 Å². The van der Waals surface area contributed by atoms with Crippen LogP contribution in [0.3, 0.4) is 0 Å². The third kappa shape index (κ3) is 6.44. The van der Waals surface area contributed by atoms with Crippen LogP contribution in [0.15, 0.2) is 18.3 Å². The summed E-state index contributed by atoms with van der Waals surface area (Å²) in [7, 11) is 0. The SMILES string of the molecule is CC(C)CNCc1ccc(OCCN2CCCCC2)nc1. The molecular formula is C17H29N3O. The third-order valence-electron chi connectivity index (χ3n) is 3.79. The molecule has 0 bridgehead atoms. The van der Waals surface area contributed by atoms with Gasteiger partial charge in [0, 0.05) is 25.4 Å². The lowest BCUT2D eigenvalue weighted by Crippen LogP contribution is -2.33. The number of piperidine rings is 1. The summed E-state index contributed by atoms with van der Waals surface area (Å²) < 4.78 is 5.73. The van der Waals surface area contributed by atoms with Gasteiger partial charge < -0.3 is 10.1 Å². The minimum atomic E-state index is 0.676. The van der Waals surface area contributed by atoms with Gasteiger partial charge in [-0.2, -0.15) is 0 Å². The number of hydrogen-bond donors (Lipinski definition) is 1. The fourth-order valence-corrected chi connectivity index (χ4v) is 2.57. The van der Waals surface area contributed by atoms with Gasteiger partial charge in [0.05, 0.1) is 0 Å². The minimum Gasteiger partial charge on any atom is -0.476 e. The fourth-order valence-electron chi connectivity index (χ4n) is 2.57. The van der Waals surface area contributed by atoms with Crippen molar-refractivity contribution in [1.82, 2.24) is 15.2 Å². The van der Waals surface area contributed by atoms with Gasteiger partial charge >= 0.3 is 0 Å². The molecule has 4 nitrogen and oxygen atoms in total. The average Bonchev–Trinajstić information content (AvgIpc) is 2.50. The van der Waals surface area contributed by atoms with Gasteiger partial charge in [-0.3, -0.25) is 4.90 Å². The van der Waals surface area contributed by atoms with E-state index in [-0.39, 0.29) is 0 Å². The van der Waals surface area contributed by atoms with Gasteiger partial charge in [0.15, 0.2) is 0 Å². The van der Waals surface area contributed by atoms with Crippen molar-refractivity contribution in [3.8, 4) is 5.88 Å². The molecule has 1 aliphatic heterocycles. The second kappa shape index (κ2) is 9.00. The molecule has 1 N–H and O–H groups in total. The van der Waals surface area contributed by atoms with Crippen LogP contribution in [0.1, 0.15) is 38.7 Å². The van der Waals surface area contributed by atoms with Crippen LogP contribution in [-0.4, -0.2) is 42.7 Å². The first-order chi connectivity index (χ1) is 10.2. The molecule has 0 unspecified atom stereocenters. The zero-order valence-corrected chi connectivity index (χ0v) is 13.5. The molecule has 2 rings (SSSR count). The number of likely N-dealkylation sites (tertiary alicyclic amines) is 1. The highest BCUT2D eigenvalue weighted by molar-refractivity contribution is 5.17. The van der Waals surface area contributed by atoms with E-state index in [1.165, 1.54) is 37.9 Å². The summed E-state index contributed by atoms with van der Waals surface area (Å²) in [5.41, 5.74) is 1.21. The second-order valence-electron chi connectivity index (χ2n) is 6.28. The Morgan fingerprint density at radius 1 is 1.24 bits per heavy atom. The molecule has 21 heavy (non-hydrogen) atoms. The predicted octanol–water partition coefficient (Wildman–Crippen LogP) is 2.69. The van der Waals surface area contributed by atoms with Crippen molar-refractivity contribution in [2.24, 2.45) is 5.92 Å². The lowest BCUT2D eigenvalue weighted by molar-refractivity contribution is 0.180. The van der Waals surface area contributed by atoms with E-state index in [0.29, 0.717) is 5.92 Å². The maximum atomic E-state index is 5.73. The van der Waals surface area contributed by atoms with Gasteiger partial charge in [-0.05, 0) is 44.0 Å². The van der Waals surface area contributed by atoms with Crippen LogP contribution in [0.4, 0.5) is 0 Å². The van der Waals surface area contributed by atoms with Crippen LogP contribution in [-0.2, 0) is 6.54 Å². The van der Waals surface area contributed by atoms with Gasteiger partial charge in [0.2, 0.25) is 5.88 Å². The number of ether oxygens (including phenoxy) is 1. The molecule has 1 aromatic heterocycles. The molecule has 0 saturated carbocycles. The van der Waals surface area contributed by atoms with Gasteiger partial charge in [-0.15, -0.1) is 0 Å². The topological polar surface area (TPSA) is 37.4 Å². The zero-order valence-electron chi connectivity index (χ0n) is 13.5. The highest BCUT2D eigenvalue weighted by Crippen LogP contribution is 2.10.